The Morgan fingerprint density at radius 3 is 2.00 bits per heavy atom. The van der Waals surface area contributed by atoms with E-state index in [9.17, 15) is 0 Å². The van der Waals surface area contributed by atoms with E-state index in [1.807, 2.05) is 19.9 Å². The molecule has 0 amide bonds. The summed E-state index contributed by atoms with van der Waals surface area (Å²) in [5.41, 5.74) is 0. The predicted molar refractivity (Wildman–Crippen MR) is 46.6 cm³/mol. The van der Waals surface area contributed by atoms with Gasteiger partial charge in [0, 0.05) is 6.07 Å². The van der Waals surface area contributed by atoms with E-state index in [1.54, 1.807) is 12.4 Å². The summed E-state index contributed by atoms with van der Waals surface area (Å²) in [6, 6.07) is 1.83. The maximum absolute atomic E-state index is 5.25. The fraction of sp³-hybridized carbons (Fsp3) is 0.444. The van der Waals surface area contributed by atoms with E-state index in [4.69, 9.17) is 9.47 Å². The summed E-state index contributed by atoms with van der Waals surface area (Å²) in [7, 11) is 0. The van der Waals surface area contributed by atoms with Gasteiger partial charge in [-0.1, -0.05) is 0 Å². The van der Waals surface area contributed by atoms with E-state index in [-0.39, 0.29) is 0 Å². The third-order valence-corrected chi connectivity index (χ3v) is 1.31. The van der Waals surface area contributed by atoms with Crippen molar-refractivity contribution in [2.45, 2.75) is 13.8 Å². The quantitative estimate of drug-likeness (QED) is 0.686. The molecule has 0 radical (unpaired) electrons. The summed E-state index contributed by atoms with van der Waals surface area (Å²) in [6.45, 7) is 5.18. The van der Waals surface area contributed by atoms with Crippen LogP contribution in [0.15, 0.2) is 18.5 Å². The zero-order chi connectivity index (χ0) is 8.81. The van der Waals surface area contributed by atoms with E-state index in [0.717, 1.165) is 11.5 Å². The van der Waals surface area contributed by atoms with Crippen molar-refractivity contribution in [2.75, 3.05) is 13.2 Å². The summed E-state index contributed by atoms with van der Waals surface area (Å²) < 4.78 is 10.5. The highest BCUT2D eigenvalue weighted by molar-refractivity contribution is 5.28. The molecule has 0 spiro atoms. The average molecular weight is 167 g/mol. The molecule has 12 heavy (non-hydrogen) atoms. The first-order valence-electron chi connectivity index (χ1n) is 4.07. The molecule has 0 aliphatic heterocycles. The second-order valence-corrected chi connectivity index (χ2v) is 2.22. The minimum Gasteiger partial charge on any atom is -0.492 e. The fourth-order valence-corrected chi connectivity index (χ4v) is 0.890. The van der Waals surface area contributed by atoms with Crippen LogP contribution in [0.1, 0.15) is 13.8 Å². The highest BCUT2D eigenvalue weighted by atomic mass is 16.5. The van der Waals surface area contributed by atoms with Gasteiger partial charge in [-0.2, -0.15) is 0 Å². The van der Waals surface area contributed by atoms with Crippen molar-refractivity contribution in [1.29, 1.82) is 0 Å². The number of aromatic nitrogens is 1. The third-order valence-electron chi connectivity index (χ3n) is 1.31. The molecular formula is C9H13NO2. The fourth-order valence-electron chi connectivity index (χ4n) is 0.890. The van der Waals surface area contributed by atoms with Crippen LogP contribution in [0.4, 0.5) is 0 Å². The highest BCUT2D eigenvalue weighted by Crippen LogP contribution is 2.16. The van der Waals surface area contributed by atoms with Gasteiger partial charge in [-0.25, -0.2) is 0 Å². The van der Waals surface area contributed by atoms with Gasteiger partial charge in [-0.3, -0.25) is 4.98 Å². The van der Waals surface area contributed by atoms with Crippen LogP contribution in [0, 0.1) is 0 Å². The summed E-state index contributed by atoms with van der Waals surface area (Å²) in [5.74, 6) is 1.51. The van der Waals surface area contributed by atoms with Gasteiger partial charge in [-0.05, 0) is 13.8 Å². The van der Waals surface area contributed by atoms with Gasteiger partial charge in [0.25, 0.3) is 0 Å². The summed E-state index contributed by atoms with van der Waals surface area (Å²) in [5, 5.41) is 0. The smallest absolute Gasteiger partial charge is 0.141 e. The number of rotatable bonds is 4. The first-order chi connectivity index (χ1) is 5.86. The number of nitrogens with zero attached hydrogens (tertiary/aromatic N) is 1. The van der Waals surface area contributed by atoms with Crippen LogP contribution in [0.3, 0.4) is 0 Å². The van der Waals surface area contributed by atoms with E-state index >= 15 is 0 Å². The second kappa shape index (κ2) is 4.59. The number of ether oxygens (including phenoxy) is 2. The molecular weight excluding hydrogens is 154 g/mol. The van der Waals surface area contributed by atoms with Crippen LogP contribution in [0.5, 0.6) is 11.5 Å². The predicted octanol–water partition coefficient (Wildman–Crippen LogP) is 1.88. The molecule has 0 N–H and O–H groups in total. The maximum atomic E-state index is 5.25. The molecule has 0 unspecified atom stereocenters. The molecule has 0 atom stereocenters. The van der Waals surface area contributed by atoms with Crippen LogP contribution in [0.25, 0.3) is 0 Å². The normalized spacial score (nSPS) is 9.50. The molecule has 0 aliphatic rings. The van der Waals surface area contributed by atoms with Gasteiger partial charge in [0.2, 0.25) is 0 Å². The van der Waals surface area contributed by atoms with Crippen molar-refractivity contribution >= 4 is 0 Å². The Balaban J connectivity index is 2.67. The molecule has 3 heteroatoms. The lowest BCUT2D eigenvalue weighted by Crippen LogP contribution is -1.95. The van der Waals surface area contributed by atoms with Gasteiger partial charge in [0.15, 0.2) is 0 Å². The topological polar surface area (TPSA) is 31.4 Å². The molecule has 0 aromatic carbocycles. The molecule has 0 bridgehead atoms. The lowest BCUT2D eigenvalue weighted by atomic mass is 10.4. The van der Waals surface area contributed by atoms with Gasteiger partial charge < -0.3 is 9.47 Å². The van der Waals surface area contributed by atoms with Gasteiger partial charge >= 0.3 is 0 Å². The molecule has 0 saturated carbocycles. The summed E-state index contributed by atoms with van der Waals surface area (Å²) in [6.07, 6.45) is 3.35. The molecule has 1 rings (SSSR count). The Bertz CT molecular complexity index is 216. The Hall–Kier alpha value is -1.25. The first kappa shape index (κ1) is 8.84. The van der Waals surface area contributed by atoms with Crippen LogP contribution in [-0.2, 0) is 0 Å². The van der Waals surface area contributed by atoms with Crippen LogP contribution >= 0.6 is 0 Å². The highest BCUT2D eigenvalue weighted by Gasteiger charge is 1.95. The lowest BCUT2D eigenvalue weighted by molar-refractivity contribution is 0.320. The molecule has 0 saturated heterocycles. The van der Waals surface area contributed by atoms with Crippen molar-refractivity contribution in [3.05, 3.63) is 18.5 Å². The second-order valence-electron chi connectivity index (χ2n) is 2.22. The van der Waals surface area contributed by atoms with Gasteiger partial charge in [0.05, 0.1) is 25.6 Å². The maximum Gasteiger partial charge on any atom is 0.141 e. The van der Waals surface area contributed by atoms with Crippen molar-refractivity contribution < 1.29 is 9.47 Å². The molecule has 1 aromatic rings. The third kappa shape index (κ3) is 2.42. The molecule has 1 heterocycles. The largest absolute Gasteiger partial charge is 0.492 e. The zero-order valence-corrected chi connectivity index (χ0v) is 7.41. The Morgan fingerprint density at radius 2 is 1.58 bits per heavy atom. The molecule has 66 valence electrons. The van der Waals surface area contributed by atoms with E-state index in [0.29, 0.717) is 13.2 Å². The van der Waals surface area contributed by atoms with Crippen LogP contribution < -0.4 is 9.47 Å². The van der Waals surface area contributed by atoms with Gasteiger partial charge in [0.1, 0.15) is 11.5 Å². The SMILES string of the molecule is CCOc1cncc(OCC)c1. The van der Waals surface area contributed by atoms with E-state index in [1.165, 1.54) is 0 Å². The molecule has 0 fully saturated rings. The standard InChI is InChI=1S/C9H13NO2/c1-3-11-8-5-9(12-4-2)7-10-6-8/h5-7H,3-4H2,1-2H3. The Kier molecular flexibility index (Phi) is 3.38. The van der Waals surface area contributed by atoms with Crippen molar-refractivity contribution in [1.82, 2.24) is 4.98 Å². The minimum atomic E-state index is 0.650. The monoisotopic (exact) mass is 167 g/mol. The molecule has 1 aromatic heterocycles. The van der Waals surface area contributed by atoms with Crippen molar-refractivity contribution in [3.8, 4) is 11.5 Å². The Labute approximate surface area is 72.3 Å². The summed E-state index contributed by atoms with van der Waals surface area (Å²) in [4.78, 5) is 3.97. The number of pyridine rings is 1. The van der Waals surface area contributed by atoms with Crippen LogP contribution in [0.2, 0.25) is 0 Å². The first-order valence-corrected chi connectivity index (χ1v) is 4.07. The molecule has 0 aliphatic carbocycles. The average Bonchev–Trinajstić information content (AvgIpc) is 2.06. The van der Waals surface area contributed by atoms with E-state index in [2.05, 4.69) is 4.98 Å². The lowest BCUT2D eigenvalue weighted by Gasteiger charge is -2.05. The molecule has 3 nitrogen and oxygen atoms in total. The van der Waals surface area contributed by atoms with Crippen molar-refractivity contribution in [3.63, 3.8) is 0 Å². The zero-order valence-electron chi connectivity index (χ0n) is 7.41. The number of hydrogen-bond acceptors (Lipinski definition) is 3. The summed E-state index contributed by atoms with van der Waals surface area (Å²) >= 11 is 0. The number of hydrogen-bond donors (Lipinski definition) is 0. The van der Waals surface area contributed by atoms with Crippen LogP contribution in [-0.4, -0.2) is 18.2 Å². The Morgan fingerprint density at radius 1 is 1.08 bits per heavy atom. The van der Waals surface area contributed by atoms with Crippen molar-refractivity contribution in [2.24, 2.45) is 0 Å². The van der Waals surface area contributed by atoms with Gasteiger partial charge in [-0.15, -0.1) is 0 Å². The minimum absolute atomic E-state index is 0.650. The van der Waals surface area contributed by atoms with E-state index < -0.39 is 0 Å².